The molecule has 0 spiro atoms. The molecule has 0 N–H and O–H groups in total. The second-order valence-corrected chi connectivity index (χ2v) is 5.82. The van der Waals surface area contributed by atoms with Gasteiger partial charge in [0.25, 0.3) is 0 Å². The molecule has 2 heterocycles. The van der Waals surface area contributed by atoms with Crippen LogP contribution < -0.4 is 4.90 Å². The lowest BCUT2D eigenvalue weighted by Crippen LogP contribution is -2.33. The predicted octanol–water partition coefficient (Wildman–Crippen LogP) is 2.35. The van der Waals surface area contributed by atoms with Gasteiger partial charge in [0.15, 0.2) is 5.13 Å². The third-order valence-electron chi connectivity index (χ3n) is 3.49. The number of anilines is 1. The van der Waals surface area contributed by atoms with Gasteiger partial charge < -0.3 is 9.80 Å². The van der Waals surface area contributed by atoms with E-state index in [-0.39, 0.29) is 5.91 Å². The Morgan fingerprint density at radius 3 is 2.84 bits per heavy atom. The van der Waals surface area contributed by atoms with E-state index in [1.807, 2.05) is 17.0 Å². The quantitative estimate of drug-likeness (QED) is 0.801. The number of para-hydroxylation sites is 1. The fourth-order valence-corrected chi connectivity index (χ4v) is 3.44. The lowest BCUT2D eigenvalue weighted by atomic mass is 10.3. The van der Waals surface area contributed by atoms with Crippen LogP contribution in [0, 0.1) is 0 Å². The number of carbonyl (C=O) groups excluding carboxylic acids is 1. The van der Waals surface area contributed by atoms with Gasteiger partial charge in [-0.1, -0.05) is 23.5 Å². The van der Waals surface area contributed by atoms with Crippen LogP contribution in [0.4, 0.5) is 5.13 Å². The highest BCUT2D eigenvalue weighted by molar-refractivity contribution is 7.22. The van der Waals surface area contributed by atoms with Crippen molar-refractivity contribution in [2.45, 2.75) is 13.3 Å². The number of amides is 1. The van der Waals surface area contributed by atoms with Gasteiger partial charge in [0.05, 0.1) is 10.2 Å². The Kier molecular flexibility index (Phi) is 3.38. The smallest absolute Gasteiger partial charge is 0.219 e. The average Bonchev–Trinajstić information content (AvgIpc) is 2.67. The molecule has 3 rings (SSSR count). The molecule has 0 unspecified atom stereocenters. The fourth-order valence-electron chi connectivity index (χ4n) is 2.42. The molecule has 1 aromatic heterocycles. The van der Waals surface area contributed by atoms with E-state index in [1.165, 1.54) is 4.70 Å². The molecule has 19 heavy (non-hydrogen) atoms. The molecule has 1 aromatic carbocycles. The zero-order chi connectivity index (χ0) is 13.2. The summed E-state index contributed by atoms with van der Waals surface area (Å²) in [6.07, 6.45) is 1.01. The summed E-state index contributed by atoms with van der Waals surface area (Å²) in [7, 11) is 0. The fraction of sp³-hybridized carbons (Fsp3) is 0.429. The van der Waals surface area contributed by atoms with Crippen molar-refractivity contribution in [3.63, 3.8) is 0 Å². The highest BCUT2D eigenvalue weighted by atomic mass is 32.1. The molecule has 1 fully saturated rings. The topological polar surface area (TPSA) is 36.4 Å². The van der Waals surface area contributed by atoms with Crippen LogP contribution in [0.25, 0.3) is 10.2 Å². The van der Waals surface area contributed by atoms with Crippen LogP contribution in [0.1, 0.15) is 13.3 Å². The third kappa shape index (κ3) is 2.56. The van der Waals surface area contributed by atoms with Crippen molar-refractivity contribution in [1.82, 2.24) is 9.88 Å². The van der Waals surface area contributed by atoms with Crippen molar-refractivity contribution in [1.29, 1.82) is 0 Å². The standard InChI is InChI=1S/C14H17N3OS/c1-11(18)16-7-4-8-17(10-9-16)14-15-12-5-2-3-6-13(12)19-14/h2-3,5-6H,4,7-10H2,1H3. The molecule has 0 radical (unpaired) electrons. The van der Waals surface area contributed by atoms with Gasteiger partial charge in [0, 0.05) is 33.1 Å². The van der Waals surface area contributed by atoms with E-state index in [1.54, 1.807) is 18.3 Å². The Balaban J connectivity index is 1.80. The SMILES string of the molecule is CC(=O)N1CCCN(c2nc3ccccc3s2)CC1. The van der Waals surface area contributed by atoms with Crippen molar-refractivity contribution in [3.05, 3.63) is 24.3 Å². The number of nitrogens with zero attached hydrogens (tertiary/aromatic N) is 3. The Morgan fingerprint density at radius 2 is 2.05 bits per heavy atom. The second kappa shape index (κ2) is 5.17. The molecular formula is C14H17N3OS. The van der Waals surface area contributed by atoms with Crippen LogP contribution in [0.15, 0.2) is 24.3 Å². The molecule has 0 saturated carbocycles. The maximum atomic E-state index is 11.4. The lowest BCUT2D eigenvalue weighted by Gasteiger charge is -2.20. The normalized spacial score (nSPS) is 16.7. The number of rotatable bonds is 1. The molecule has 1 saturated heterocycles. The molecule has 0 bridgehead atoms. The molecule has 1 aliphatic heterocycles. The molecule has 1 aliphatic rings. The Hall–Kier alpha value is -1.62. The zero-order valence-electron chi connectivity index (χ0n) is 11.0. The van der Waals surface area contributed by atoms with Crippen LogP contribution in [-0.4, -0.2) is 42.0 Å². The number of fused-ring (bicyclic) bond motifs is 1. The first-order chi connectivity index (χ1) is 9.24. The molecule has 5 heteroatoms. The second-order valence-electron chi connectivity index (χ2n) is 4.81. The minimum absolute atomic E-state index is 0.172. The van der Waals surface area contributed by atoms with E-state index in [9.17, 15) is 4.79 Å². The number of aromatic nitrogens is 1. The molecule has 2 aromatic rings. The lowest BCUT2D eigenvalue weighted by molar-refractivity contribution is -0.128. The minimum Gasteiger partial charge on any atom is -0.346 e. The van der Waals surface area contributed by atoms with Gasteiger partial charge in [-0.3, -0.25) is 4.79 Å². The molecular weight excluding hydrogens is 258 g/mol. The summed E-state index contributed by atoms with van der Waals surface area (Å²) in [6.45, 7) is 5.15. The summed E-state index contributed by atoms with van der Waals surface area (Å²) in [5.41, 5.74) is 1.06. The van der Waals surface area contributed by atoms with Crippen LogP contribution in [0.2, 0.25) is 0 Å². The first kappa shape index (κ1) is 12.4. The van der Waals surface area contributed by atoms with Crippen molar-refractivity contribution in [2.24, 2.45) is 0 Å². The number of hydrogen-bond donors (Lipinski definition) is 0. The van der Waals surface area contributed by atoms with E-state index in [2.05, 4.69) is 22.0 Å². The largest absolute Gasteiger partial charge is 0.346 e. The van der Waals surface area contributed by atoms with Gasteiger partial charge in [-0.2, -0.15) is 0 Å². The minimum atomic E-state index is 0.172. The first-order valence-corrected chi connectivity index (χ1v) is 7.42. The highest BCUT2D eigenvalue weighted by Gasteiger charge is 2.18. The summed E-state index contributed by atoms with van der Waals surface area (Å²) >= 11 is 1.73. The highest BCUT2D eigenvalue weighted by Crippen LogP contribution is 2.29. The molecule has 4 nitrogen and oxygen atoms in total. The number of carbonyl (C=O) groups is 1. The zero-order valence-corrected chi connectivity index (χ0v) is 11.8. The van der Waals surface area contributed by atoms with Crippen LogP contribution in [0.3, 0.4) is 0 Å². The van der Waals surface area contributed by atoms with Gasteiger partial charge in [-0.25, -0.2) is 4.98 Å². The van der Waals surface area contributed by atoms with Gasteiger partial charge in [-0.05, 0) is 18.6 Å². The first-order valence-electron chi connectivity index (χ1n) is 6.60. The predicted molar refractivity (Wildman–Crippen MR) is 78.7 cm³/mol. The van der Waals surface area contributed by atoms with E-state index >= 15 is 0 Å². The molecule has 0 atom stereocenters. The number of benzene rings is 1. The molecule has 1 amide bonds. The summed E-state index contributed by atoms with van der Waals surface area (Å²) in [6, 6.07) is 8.22. The third-order valence-corrected chi connectivity index (χ3v) is 4.59. The Morgan fingerprint density at radius 1 is 1.21 bits per heavy atom. The van der Waals surface area contributed by atoms with Crippen LogP contribution in [0.5, 0.6) is 0 Å². The van der Waals surface area contributed by atoms with Gasteiger partial charge in [0.1, 0.15) is 0 Å². The van der Waals surface area contributed by atoms with Crippen molar-refractivity contribution >= 4 is 32.6 Å². The molecule has 100 valence electrons. The van der Waals surface area contributed by atoms with E-state index < -0.39 is 0 Å². The maximum absolute atomic E-state index is 11.4. The Labute approximate surface area is 116 Å². The number of thiazole rings is 1. The van der Waals surface area contributed by atoms with E-state index in [0.717, 1.165) is 43.2 Å². The van der Waals surface area contributed by atoms with E-state index in [4.69, 9.17) is 0 Å². The van der Waals surface area contributed by atoms with Crippen molar-refractivity contribution in [3.8, 4) is 0 Å². The van der Waals surface area contributed by atoms with Crippen LogP contribution in [-0.2, 0) is 4.79 Å². The van der Waals surface area contributed by atoms with Gasteiger partial charge in [-0.15, -0.1) is 0 Å². The molecule has 0 aliphatic carbocycles. The average molecular weight is 275 g/mol. The van der Waals surface area contributed by atoms with Crippen molar-refractivity contribution < 1.29 is 4.79 Å². The summed E-state index contributed by atoms with van der Waals surface area (Å²) in [5, 5.41) is 1.08. The van der Waals surface area contributed by atoms with Crippen LogP contribution >= 0.6 is 11.3 Å². The summed E-state index contributed by atoms with van der Waals surface area (Å²) < 4.78 is 1.23. The maximum Gasteiger partial charge on any atom is 0.219 e. The van der Waals surface area contributed by atoms with Gasteiger partial charge >= 0.3 is 0 Å². The van der Waals surface area contributed by atoms with Gasteiger partial charge in [0.2, 0.25) is 5.91 Å². The summed E-state index contributed by atoms with van der Waals surface area (Å²) in [5.74, 6) is 0.172. The van der Waals surface area contributed by atoms with Crippen molar-refractivity contribution in [2.75, 3.05) is 31.1 Å². The number of hydrogen-bond acceptors (Lipinski definition) is 4. The summed E-state index contributed by atoms with van der Waals surface area (Å²) in [4.78, 5) is 20.3. The monoisotopic (exact) mass is 275 g/mol. The Bertz CT molecular complexity index is 562. The van der Waals surface area contributed by atoms with E-state index in [0.29, 0.717) is 0 Å².